The number of hydrogen-bond donors (Lipinski definition) is 0. The van der Waals surface area contributed by atoms with Gasteiger partial charge in [0.2, 0.25) is 5.91 Å². The summed E-state index contributed by atoms with van der Waals surface area (Å²) in [6, 6.07) is 30.6. The van der Waals surface area contributed by atoms with Gasteiger partial charge in [-0.05, 0) is 36.4 Å². The SMILES string of the molecule is COc1cc2c(cc1-c1ccccc1Oc1ccccc1)C(c1cccc(C#N)c1)=NCC(=O)N2C. The molecule has 0 radical (unpaired) electrons. The van der Waals surface area contributed by atoms with Crippen molar-refractivity contribution >= 4 is 17.3 Å². The molecule has 36 heavy (non-hydrogen) atoms. The Bertz CT molecular complexity index is 1520. The van der Waals surface area contributed by atoms with Crippen LogP contribution in [0.15, 0.2) is 96.0 Å². The van der Waals surface area contributed by atoms with Crippen LogP contribution in [0, 0.1) is 11.3 Å². The van der Waals surface area contributed by atoms with Gasteiger partial charge in [-0.2, -0.15) is 5.26 Å². The fourth-order valence-electron chi connectivity index (χ4n) is 4.26. The summed E-state index contributed by atoms with van der Waals surface area (Å²) in [4.78, 5) is 19.1. The van der Waals surface area contributed by atoms with Crippen LogP contribution in [0.3, 0.4) is 0 Å². The monoisotopic (exact) mass is 473 g/mol. The fourth-order valence-corrected chi connectivity index (χ4v) is 4.26. The van der Waals surface area contributed by atoms with Crippen molar-refractivity contribution in [3.05, 3.63) is 108 Å². The second-order valence-electron chi connectivity index (χ2n) is 8.29. The molecule has 4 aromatic carbocycles. The van der Waals surface area contributed by atoms with Crippen molar-refractivity contribution < 1.29 is 14.3 Å². The topological polar surface area (TPSA) is 74.9 Å². The first kappa shape index (κ1) is 22.9. The van der Waals surface area contributed by atoms with Gasteiger partial charge in [0.05, 0.1) is 30.1 Å². The predicted molar refractivity (Wildman–Crippen MR) is 140 cm³/mol. The number of carbonyl (C=O) groups is 1. The zero-order chi connectivity index (χ0) is 25.1. The van der Waals surface area contributed by atoms with Gasteiger partial charge in [0.15, 0.2) is 0 Å². The Morgan fingerprint density at radius 1 is 0.861 bits per heavy atom. The van der Waals surface area contributed by atoms with Crippen LogP contribution in [0.4, 0.5) is 5.69 Å². The average Bonchev–Trinajstić information content (AvgIpc) is 3.04. The Morgan fingerprint density at radius 2 is 1.64 bits per heavy atom. The maximum atomic E-state index is 12.8. The lowest BCUT2D eigenvalue weighted by Gasteiger charge is -2.22. The highest BCUT2D eigenvalue weighted by molar-refractivity contribution is 6.20. The first-order valence-electron chi connectivity index (χ1n) is 11.5. The molecule has 6 nitrogen and oxygen atoms in total. The molecular weight excluding hydrogens is 450 g/mol. The highest BCUT2D eigenvalue weighted by Crippen LogP contribution is 2.42. The standard InChI is InChI=1S/C30H23N3O3/c1-33-26-17-28(35-2)24(23-13-6-7-14-27(23)36-22-11-4-3-5-12-22)16-25(26)30(32-19-29(33)34)21-10-8-9-20(15-21)18-31/h3-17H,19H2,1-2H3. The van der Waals surface area contributed by atoms with E-state index in [2.05, 4.69) is 11.1 Å². The molecule has 0 aliphatic carbocycles. The molecule has 0 N–H and O–H groups in total. The Hall–Kier alpha value is -4.89. The number of amides is 1. The molecule has 176 valence electrons. The number of methoxy groups -OCH3 is 1. The van der Waals surface area contributed by atoms with Crippen LogP contribution < -0.4 is 14.4 Å². The predicted octanol–water partition coefficient (Wildman–Crippen LogP) is 5.84. The summed E-state index contributed by atoms with van der Waals surface area (Å²) in [7, 11) is 3.34. The molecule has 0 fully saturated rings. The zero-order valence-corrected chi connectivity index (χ0v) is 19.9. The molecule has 1 aliphatic heterocycles. The van der Waals surface area contributed by atoms with Crippen LogP contribution in [0.5, 0.6) is 17.2 Å². The van der Waals surface area contributed by atoms with Crippen molar-refractivity contribution in [3.8, 4) is 34.4 Å². The van der Waals surface area contributed by atoms with Crippen molar-refractivity contribution in [1.29, 1.82) is 5.26 Å². The number of anilines is 1. The normalized spacial score (nSPS) is 12.8. The largest absolute Gasteiger partial charge is 0.496 e. The number of rotatable bonds is 5. The molecule has 1 aliphatic rings. The van der Waals surface area contributed by atoms with Crippen molar-refractivity contribution in [3.63, 3.8) is 0 Å². The summed E-state index contributed by atoms with van der Waals surface area (Å²) in [6.45, 7) is 0.00263. The molecule has 6 heteroatoms. The highest BCUT2D eigenvalue weighted by atomic mass is 16.5. The molecule has 1 heterocycles. The first-order chi connectivity index (χ1) is 17.6. The van der Waals surface area contributed by atoms with E-state index in [0.717, 1.165) is 28.0 Å². The van der Waals surface area contributed by atoms with Gasteiger partial charge in [-0.1, -0.05) is 48.5 Å². The maximum absolute atomic E-state index is 12.8. The molecule has 0 spiro atoms. The third kappa shape index (κ3) is 4.30. The second kappa shape index (κ2) is 9.77. The van der Waals surface area contributed by atoms with Crippen LogP contribution in [-0.4, -0.2) is 32.3 Å². The number of carbonyl (C=O) groups excluding carboxylic acids is 1. The molecule has 0 aromatic heterocycles. The summed E-state index contributed by atoms with van der Waals surface area (Å²) in [6.07, 6.45) is 0. The summed E-state index contributed by atoms with van der Waals surface area (Å²) >= 11 is 0. The van der Waals surface area contributed by atoms with Gasteiger partial charge >= 0.3 is 0 Å². The maximum Gasteiger partial charge on any atom is 0.248 e. The molecule has 0 atom stereocenters. The van der Waals surface area contributed by atoms with Crippen molar-refractivity contribution in [2.45, 2.75) is 0 Å². The van der Waals surface area contributed by atoms with E-state index >= 15 is 0 Å². The lowest BCUT2D eigenvalue weighted by molar-refractivity contribution is -0.116. The number of benzodiazepines with no additional fused rings is 1. The Labute approximate surface area is 209 Å². The van der Waals surface area contributed by atoms with Crippen LogP contribution in [0.1, 0.15) is 16.7 Å². The Kier molecular flexibility index (Phi) is 6.21. The van der Waals surface area contributed by atoms with Gasteiger partial charge in [0.25, 0.3) is 0 Å². The van der Waals surface area contributed by atoms with Gasteiger partial charge in [-0.25, -0.2) is 0 Å². The zero-order valence-electron chi connectivity index (χ0n) is 19.9. The summed E-state index contributed by atoms with van der Waals surface area (Å²) in [5, 5.41) is 9.43. The minimum atomic E-state index is -0.134. The third-order valence-corrected chi connectivity index (χ3v) is 6.09. The number of nitriles is 1. The summed E-state index contributed by atoms with van der Waals surface area (Å²) in [5.41, 5.74) is 5.02. The number of hydrogen-bond acceptors (Lipinski definition) is 5. The van der Waals surface area contributed by atoms with E-state index in [1.54, 1.807) is 31.2 Å². The molecule has 4 aromatic rings. The van der Waals surface area contributed by atoms with E-state index in [0.29, 0.717) is 28.5 Å². The second-order valence-corrected chi connectivity index (χ2v) is 8.29. The highest BCUT2D eigenvalue weighted by Gasteiger charge is 2.26. The minimum absolute atomic E-state index is 0.00263. The van der Waals surface area contributed by atoms with Crippen LogP contribution in [0.25, 0.3) is 11.1 Å². The Balaban J connectivity index is 1.71. The average molecular weight is 474 g/mol. The smallest absolute Gasteiger partial charge is 0.248 e. The van der Waals surface area contributed by atoms with Crippen LogP contribution >= 0.6 is 0 Å². The Morgan fingerprint density at radius 3 is 2.42 bits per heavy atom. The summed E-state index contributed by atoms with van der Waals surface area (Å²) in [5.74, 6) is 1.86. The van der Waals surface area contributed by atoms with Crippen LogP contribution in [0.2, 0.25) is 0 Å². The van der Waals surface area contributed by atoms with E-state index in [1.165, 1.54) is 0 Å². The van der Waals surface area contributed by atoms with E-state index in [1.807, 2.05) is 78.9 Å². The van der Waals surface area contributed by atoms with Gasteiger partial charge in [0, 0.05) is 35.4 Å². The van der Waals surface area contributed by atoms with Gasteiger partial charge < -0.3 is 14.4 Å². The quantitative estimate of drug-likeness (QED) is 0.365. The number of nitrogens with zero attached hydrogens (tertiary/aromatic N) is 3. The van der Waals surface area contributed by atoms with Crippen molar-refractivity contribution in [2.75, 3.05) is 25.6 Å². The molecule has 0 saturated heterocycles. The molecule has 0 bridgehead atoms. The van der Waals surface area contributed by atoms with E-state index in [4.69, 9.17) is 9.47 Å². The number of benzene rings is 4. The van der Waals surface area contributed by atoms with Gasteiger partial charge in [0.1, 0.15) is 23.8 Å². The molecule has 0 unspecified atom stereocenters. The number of likely N-dealkylation sites (N-methyl/N-ethyl adjacent to an activating group) is 1. The lowest BCUT2D eigenvalue weighted by Crippen LogP contribution is -2.27. The number of aliphatic imine (C=N–C) groups is 1. The third-order valence-electron chi connectivity index (χ3n) is 6.09. The lowest BCUT2D eigenvalue weighted by atomic mass is 9.93. The van der Waals surface area contributed by atoms with E-state index in [-0.39, 0.29) is 12.5 Å². The summed E-state index contributed by atoms with van der Waals surface area (Å²) < 4.78 is 12.0. The number of fused-ring (bicyclic) bond motifs is 1. The molecule has 5 rings (SSSR count). The molecule has 0 saturated carbocycles. The first-order valence-corrected chi connectivity index (χ1v) is 11.5. The molecule has 1 amide bonds. The number of ether oxygens (including phenoxy) is 2. The molecular formula is C30H23N3O3. The van der Waals surface area contributed by atoms with Gasteiger partial charge in [-0.3, -0.25) is 9.79 Å². The van der Waals surface area contributed by atoms with Crippen molar-refractivity contribution in [2.24, 2.45) is 4.99 Å². The fraction of sp³-hybridized carbons (Fsp3) is 0.100. The van der Waals surface area contributed by atoms with Gasteiger partial charge in [-0.15, -0.1) is 0 Å². The van der Waals surface area contributed by atoms with Crippen LogP contribution in [-0.2, 0) is 4.79 Å². The van der Waals surface area contributed by atoms with Crippen molar-refractivity contribution in [1.82, 2.24) is 0 Å². The number of para-hydroxylation sites is 2. The van der Waals surface area contributed by atoms with E-state index in [9.17, 15) is 10.1 Å². The minimum Gasteiger partial charge on any atom is -0.496 e. The van der Waals surface area contributed by atoms with E-state index < -0.39 is 0 Å².